The summed E-state index contributed by atoms with van der Waals surface area (Å²) in [5, 5.41) is 2.68. The van der Waals surface area contributed by atoms with Gasteiger partial charge in [0.15, 0.2) is 0 Å². The zero-order valence-corrected chi connectivity index (χ0v) is 13.5. The lowest BCUT2D eigenvalue weighted by atomic mass is 9.95. The molecule has 0 nitrogen and oxygen atoms in total. The first-order valence-corrected chi connectivity index (χ1v) is 8.24. The zero-order valence-electron chi connectivity index (χ0n) is 11.9. The molecule has 2 unspecified atom stereocenters. The maximum absolute atomic E-state index is 3.87. The van der Waals surface area contributed by atoms with E-state index in [1.165, 1.54) is 35.6 Å². The SMILES string of the molecule is CCCCC(C)C(Br)Cc1ccc2ccccc2c1. The highest BCUT2D eigenvalue weighted by atomic mass is 79.9. The summed E-state index contributed by atoms with van der Waals surface area (Å²) in [4.78, 5) is 0.584. The molecule has 1 heteroatoms. The molecule has 0 saturated carbocycles. The van der Waals surface area contributed by atoms with Crippen LogP contribution in [0.25, 0.3) is 10.8 Å². The molecule has 2 aromatic carbocycles. The van der Waals surface area contributed by atoms with Crippen molar-refractivity contribution in [3.63, 3.8) is 0 Å². The lowest BCUT2D eigenvalue weighted by Gasteiger charge is -2.18. The fourth-order valence-corrected chi connectivity index (χ4v) is 3.14. The molecule has 0 aliphatic carbocycles. The number of hydrogen-bond donors (Lipinski definition) is 0. The van der Waals surface area contributed by atoms with Crippen molar-refractivity contribution in [2.75, 3.05) is 0 Å². The molecule has 0 aromatic heterocycles. The van der Waals surface area contributed by atoms with E-state index in [2.05, 4.69) is 72.2 Å². The standard InChI is InChI=1S/C18H23Br/c1-3-4-7-14(2)18(19)13-15-10-11-16-8-5-6-9-17(16)12-15/h5-6,8-12,14,18H,3-4,7,13H2,1-2H3. The minimum absolute atomic E-state index is 0.584. The topological polar surface area (TPSA) is 0 Å². The van der Waals surface area contributed by atoms with Crippen LogP contribution in [0.5, 0.6) is 0 Å². The van der Waals surface area contributed by atoms with Crippen molar-refractivity contribution >= 4 is 26.7 Å². The van der Waals surface area contributed by atoms with Crippen LogP contribution in [0.3, 0.4) is 0 Å². The molecule has 0 N–H and O–H groups in total. The smallest absolute Gasteiger partial charge is 0.0211 e. The fraction of sp³-hybridized carbons (Fsp3) is 0.444. The second-order valence-corrected chi connectivity index (χ2v) is 6.70. The molecule has 2 aromatic rings. The molecule has 0 fully saturated rings. The Balaban J connectivity index is 2.04. The number of rotatable bonds is 6. The van der Waals surface area contributed by atoms with Crippen molar-refractivity contribution in [1.82, 2.24) is 0 Å². The van der Waals surface area contributed by atoms with Gasteiger partial charge in [0.2, 0.25) is 0 Å². The van der Waals surface area contributed by atoms with Gasteiger partial charge in [-0.25, -0.2) is 0 Å². The Kier molecular flexibility index (Phi) is 5.45. The van der Waals surface area contributed by atoms with Crippen LogP contribution in [0.15, 0.2) is 42.5 Å². The second-order valence-electron chi connectivity index (χ2n) is 5.52. The van der Waals surface area contributed by atoms with Crippen LogP contribution in [-0.2, 0) is 6.42 Å². The van der Waals surface area contributed by atoms with Crippen molar-refractivity contribution in [3.8, 4) is 0 Å². The average Bonchev–Trinajstić information content (AvgIpc) is 2.44. The summed E-state index contributed by atoms with van der Waals surface area (Å²) in [6, 6.07) is 15.4. The number of benzene rings is 2. The predicted molar refractivity (Wildman–Crippen MR) is 89.1 cm³/mol. The maximum Gasteiger partial charge on any atom is 0.0211 e. The minimum atomic E-state index is 0.584. The third kappa shape index (κ3) is 4.07. The summed E-state index contributed by atoms with van der Waals surface area (Å²) >= 11 is 3.87. The van der Waals surface area contributed by atoms with E-state index >= 15 is 0 Å². The van der Waals surface area contributed by atoms with Crippen molar-refractivity contribution in [3.05, 3.63) is 48.0 Å². The summed E-state index contributed by atoms with van der Waals surface area (Å²) in [5.74, 6) is 0.742. The van der Waals surface area contributed by atoms with E-state index in [1.807, 2.05) is 0 Å². The van der Waals surface area contributed by atoms with Crippen molar-refractivity contribution in [2.24, 2.45) is 5.92 Å². The van der Waals surface area contributed by atoms with Gasteiger partial charge in [0.25, 0.3) is 0 Å². The number of hydrogen-bond acceptors (Lipinski definition) is 0. The van der Waals surface area contributed by atoms with Gasteiger partial charge in [0.05, 0.1) is 0 Å². The average molecular weight is 319 g/mol. The first-order valence-electron chi connectivity index (χ1n) is 7.32. The second kappa shape index (κ2) is 7.09. The van der Waals surface area contributed by atoms with Crippen LogP contribution in [-0.4, -0.2) is 4.83 Å². The Hall–Kier alpha value is -0.820. The lowest BCUT2D eigenvalue weighted by Crippen LogP contribution is -2.13. The molecule has 0 aliphatic heterocycles. The van der Waals surface area contributed by atoms with Gasteiger partial charge in [0.1, 0.15) is 0 Å². The number of alkyl halides is 1. The van der Waals surface area contributed by atoms with Crippen LogP contribution >= 0.6 is 15.9 Å². The number of halogens is 1. The molecule has 0 radical (unpaired) electrons. The highest BCUT2D eigenvalue weighted by Crippen LogP contribution is 2.24. The van der Waals surface area contributed by atoms with E-state index in [-0.39, 0.29) is 0 Å². The van der Waals surface area contributed by atoms with E-state index in [0.29, 0.717) is 4.83 Å². The van der Waals surface area contributed by atoms with Crippen molar-refractivity contribution in [2.45, 2.75) is 44.4 Å². The summed E-state index contributed by atoms with van der Waals surface area (Å²) < 4.78 is 0. The van der Waals surface area contributed by atoms with Crippen molar-refractivity contribution in [1.29, 1.82) is 0 Å². The van der Waals surface area contributed by atoms with Crippen LogP contribution in [0.4, 0.5) is 0 Å². The van der Waals surface area contributed by atoms with Gasteiger partial charge in [-0.2, -0.15) is 0 Å². The third-order valence-corrected chi connectivity index (χ3v) is 5.10. The molecule has 0 bridgehead atoms. The summed E-state index contributed by atoms with van der Waals surface area (Å²) in [6.45, 7) is 4.62. The van der Waals surface area contributed by atoms with E-state index in [0.717, 1.165) is 12.3 Å². The molecule has 0 saturated heterocycles. The van der Waals surface area contributed by atoms with Crippen molar-refractivity contribution < 1.29 is 0 Å². The summed E-state index contributed by atoms with van der Waals surface area (Å²) in [6.07, 6.45) is 5.07. The largest absolute Gasteiger partial charge is 0.0884 e. The van der Waals surface area contributed by atoms with E-state index < -0.39 is 0 Å². The molecule has 2 atom stereocenters. The Bertz CT molecular complexity index is 518. The highest BCUT2D eigenvalue weighted by Gasteiger charge is 2.14. The monoisotopic (exact) mass is 318 g/mol. The molecule has 0 spiro atoms. The summed E-state index contributed by atoms with van der Waals surface area (Å²) in [5.41, 5.74) is 1.43. The van der Waals surface area contributed by atoms with Gasteiger partial charge in [-0.15, -0.1) is 0 Å². The molecular weight excluding hydrogens is 296 g/mol. The van der Waals surface area contributed by atoms with Gasteiger partial charge in [-0.05, 0) is 35.1 Å². The first-order chi connectivity index (χ1) is 9.20. The third-order valence-electron chi connectivity index (χ3n) is 3.88. The number of fused-ring (bicyclic) bond motifs is 1. The van der Waals surface area contributed by atoms with Crippen LogP contribution < -0.4 is 0 Å². The summed E-state index contributed by atoms with van der Waals surface area (Å²) in [7, 11) is 0. The minimum Gasteiger partial charge on any atom is -0.0884 e. The normalized spacial score (nSPS) is 14.5. The highest BCUT2D eigenvalue weighted by molar-refractivity contribution is 9.09. The molecule has 102 valence electrons. The van der Waals surface area contributed by atoms with Crippen LogP contribution in [0, 0.1) is 5.92 Å². The quantitative estimate of drug-likeness (QED) is 0.575. The molecule has 0 aliphatic rings. The van der Waals surface area contributed by atoms with E-state index in [9.17, 15) is 0 Å². The molecule has 19 heavy (non-hydrogen) atoms. The molecule has 0 heterocycles. The Morgan fingerprint density at radius 2 is 1.79 bits per heavy atom. The molecular formula is C18H23Br. The van der Waals surface area contributed by atoms with Gasteiger partial charge in [-0.1, -0.05) is 85.1 Å². The Morgan fingerprint density at radius 3 is 2.53 bits per heavy atom. The van der Waals surface area contributed by atoms with E-state index in [1.54, 1.807) is 0 Å². The lowest BCUT2D eigenvalue weighted by molar-refractivity contribution is 0.489. The van der Waals surface area contributed by atoms with Gasteiger partial charge in [0, 0.05) is 4.83 Å². The van der Waals surface area contributed by atoms with Gasteiger partial charge >= 0.3 is 0 Å². The van der Waals surface area contributed by atoms with Crippen LogP contribution in [0.2, 0.25) is 0 Å². The maximum atomic E-state index is 3.87. The fourth-order valence-electron chi connectivity index (χ4n) is 2.50. The molecule has 0 amide bonds. The van der Waals surface area contributed by atoms with Gasteiger partial charge < -0.3 is 0 Å². The van der Waals surface area contributed by atoms with Crippen LogP contribution in [0.1, 0.15) is 38.7 Å². The van der Waals surface area contributed by atoms with Gasteiger partial charge in [-0.3, -0.25) is 0 Å². The Morgan fingerprint density at radius 1 is 1.05 bits per heavy atom. The Labute approximate surface area is 125 Å². The predicted octanol–water partition coefficient (Wildman–Crippen LogP) is 5.97. The van der Waals surface area contributed by atoms with E-state index in [4.69, 9.17) is 0 Å². The molecule has 2 rings (SSSR count). The first kappa shape index (κ1) is 14.6. The zero-order chi connectivity index (χ0) is 13.7. The number of unbranched alkanes of at least 4 members (excludes halogenated alkanes) is 1.